The first-order chi connectivity index (χ1) is 9.78. The van der Waals surface area contributed by atoms with Crippen molar-refractivity contribution in [1.82, 2.24) is 15.0 Å². The van der Waals surface area contributed by atoms with Crippen LogP contribution in [0, 0.1) is 0 Å². The fourth-order valence-electron chi connectivity index (χ4n) is 1.96. The Hall–Kier alpha value is -2.89. The van der Waals surface area contributed by atoms with Crippen LogP contribution in [-0.4, -0.2) is 22.1 Å². The smallest absolute Gasteiger partial charge is 0.228 e. The van der Waals surface area contributed by atoms with Gasteiger partial charge in [0.1, 0.15) is 11.6 Å². The Morgan fingerprint density at radius 2 is 1.85 bits per heavy atom. The second kappa shape index (κ2) is 5.00. The molecular formula is C14H13N5O. The summed E-state index contributed by atoms with van der Waals surface area (Å²) in [7, 11) is 1.64. The number of rotatable bonds is 3. The molecule has 100 valence electrons. The first-order valence-corrected chi connectivity index (χ1v) is 6.04. The lowest BCUT2D eigenvalue weighted by molar-refractivity contribution is 0.420. The van der Waals surface area contributed by atoms with Gasteiger partial charge in [0.2, 0.25) is 5.95 Å². The van der Waals surface area contributed by atoms with Gasteiger partial charge < -0.3 is 15.8 Å². The third kappa shape index (κ3) is 2.18. The van der Waals surface area contributed by atoms with Crippen LogP contribution >= 0.6 is 0 Å². The van der Waals surface area contributed by atoms with Crippen molar-refractivity contribution in [3.05, 3.63) is 42.9 Å². The highest BCUT2D eigenvalue weighted by atomic mass is 16.5. The summed E-state index contributed by atoms with van der Waals surface area (Å²) in [6.45, 7) is 0. The Bertz CT molecular complexity index is 742. The van der Waals surface area contributed by atoms with Gasteiger partial charge in [-0.25, -0.2) is 15.0 Å². The lowest BCUT2D eigenvalue weighted by Crippen LogP contribution is -2.00. The molecule has 3 N–H and O–H groups in total. The molecule has 0 saturated carbocycles. The average Bonchev–Trinajstić information content (AvgIpc) is 2.49. The van der Waals surface area contributed by atoms with E-state index >= 15 is 0 Å². The summed E-state index contributed by atoms with van der Waals surface area (Å²) in [5.41, 5.74) is 6.08. The molecule has 0 atom stereocenters. The van der Waals surface area contributed by atoms with E-state index in [0.717, 1.165) is 16.5 Å². The van der Waals surface area contributed by atoms with Gasteiger partial charge in [0, 0.05) is 17.0 Å². The summed E-state index contributed by atoms with van der Waals surface area (Å²) in [5.74, 6) is 1.92. The minimum Gasteiger partial charge on any atom is -0.496 e. The Morgan fingerprint density at radius 3 is 2.60 bits per heavy atom. The number of hydrogen-bond donors (Lipinski definition) is 2. The first kappa shape index (κ1) is 12.2. The van der Waals surface area contributed by atoms with E-state index in [4.69, 9.17) is 10.5 Å². The van der Waals surface area contributed by atoms with Crippen LogP contribution in [0.2, 0.25) is 0 Å². The Balaban J connectivity index is 2.05. The van der Waals surface area contributed by atoms with Crippen LogP contribution in [0.15, 0.2) is 42.9 Å². The highest BCUT2D eigenvalue weighted by Crippen LogP contribution is 2.29. The molecule has 20 heavy (non-hydrogen) atoms. The van der Waals surface area contributed by atoms with Gasteiger partial charge in [-0.15, -0.1) is 0 Å². The molecule has 6 heteroatoms. The molecule has 2 heterocycles. The van der Waals surface area contributed by atoms with Gasteiger partial charge in [0.25, 0.3) is 0 Å². The van der Waals surface area contributed by atoms with E-state index in [1.54, 1.807) is 25.7 Å². The minimum absolute atomic E-state index is 0.446. The maximum atomic E-state index is 5.56. The zero-order valence-corrected chi connectivity index (χ0v) is 10.9. The molecule has 1 aromatic carbocycles. The third-order valence-electron chi connectivity index (χ3n) is 2.89. The molecule has 6 nitrogen and oxygen atoms in total. The molecule has 0 amide bonds. The normalized spacial score (nSPS) is 10.4. The highest BCUT2D eigenvalue weighted by Gasteiger charge is 2.07. The Morgan fingerprint density at radius 1 is 1.05 bits per heavy atom. The number of anilines is 3. The van der Waals surface area contributed by atoms with Gasteiger partial charge in [0.05, 0.1) is 25.2 Å². The topological polar surface area (TPSA) is 86.0 Å². The monoisotopic (exact) mass is 267 g/mol. The number of benzene rings is 1. The van der Waals surface area contributed by atoms with Gasteiger partial charge >= 0.3 is 0 Å². The zero-order chi connectivity index (χ0) is 13.9. The average molecular weight is 267 g/mol. The van der Waals surface area contributed by atoms with Crippen LogP contribution < -0.4 is 15.8 Å². The summed E-state index contributed by atoms with van der Waals surface area (Å²) in [4.78, 5) is 12.5. The largest absolute Gasteiger partial charge is 0.496 e. The molecule has 3 rings (SSSR count). The maximum Gasteiger partial charge on any atom is 0.228 e. The SMILES string of the molecule is COc1cccc2c(Nc3ncc(N)cn3)nccc12. The number of nitrogens with two attached hydrogens (primary N) is 1. The van der Waals surface area contributed by atoms with Crippen molar-refractivity contribution in [2.75, 3.05) is 18.2 Å². The van der Waals surface area contributed by atoms with E-state index in [1.165, 1.54) is 0 Å². The third-order valence-corrected chi connectivity index (χ3v) is 2.89. The van der Waals surface area contributed by atoms with Crippen LogP contribution in [0.4, 0.5) is 17.5 Å². The molecule has 3 aromatic rings. The molecule has 0 spiro atoms. The number of nitrogen functional groups attached to an aromatic ring is 1. The van der Waals surface area contributed by atoms with Crippen LogP contribution in [0.5, 0.6) is 5.75 Å². The van der Waals surface area contributed by atoms with Gasteiger partial charge in [-0.05, 0) is 12.1 Å². The van der Waals surface area contributed by atoms with Gasteiger partial charge in [0.15, 0.2) is 0 Å². The van der Waals surface area contributed by atoms with E-state index in [1.807, 2.05) is 24.3 Å². The van der Waals surface area contributed by atoms with Crippen molar-refractivity contribution in [2.24, 2.45) is 0 Å². The number of pyridine rings is 1. The Labute approximate surface area is 115 Å². The van der Waals surface area contributed by atoms with E-state index in [2.05, 4.69) is 20.3 Å². The molecular weight excluding hydrogens is 254 g/mol. The second-order valence-electron chi connectivity index (χ2n) is 4.18. The standard InChI is InChI=1S/C14H13N5O/c1-20-12-4-2-3-11-10(12)5-6-16-13(11)19-14-17-7-9(15)8-18-14/h2-8H,15H2,1H3,(H,16,17,18,19). The summed E-state index contributed by atoms with van der Waals surface area (Å²) < 4.78 is 5.35. The van der Waals surface area contributed by atoms with Gasteiger partial charge in [-0.2, -0.15) is 0 Å². The van der Waals surface area contributed by atoms with E-state index < -0.39 is 0 Å². The predicted molar refractivity (Wildman–Crippen MR) is 78.0 cm³/mol. The van der Waals surface area contributed by atoms with Gasteiger partial charge in [-0.1, -0.05) is 12.1 Å². The molecule has 0 unspecified atom stereocenters. The van der Waals surface area contributed by atoms with Crippen molar-refractivity contribution < 1.29 is 4.74 Å². The van der Waals surface area contributed by atoms with Crippen molar-refractivity contribution in [1.29, 1.82) is 0 Å². The van der Waals surface area contributed by atoms with Crippen molar-refractivity contribution >= 4 is 28.2 Å². The summed E-state index contributed by atoms with van der Waals surface area (Å²) in [6.07, 6.45) is 4.80. The number of hydrogen-bond acceptors (Lipinski definition) is 6. The molecule has 2 aromatic heterocycles. The molecule has 0 radical (unpaired) electrons. The number of fused-ring (bicyclic) bond motifs is 1. The van der Waals surface area contributed by atoms with Crippen LogP contribution in [0.1, 0.15) is 0 Å². The minimum atomic E-state index is 0.446. The fraction of sp³-hybridized carbons (Fsp3) is 0.0714. The summed E-state index contributed by atoms with van der Waals surface area (Å²) in [6, 6.07) is 7.69. The molecule has 0 bridgehead atoms. The Kier molecular flexibility index (Phi) is 3.04. The van der Waals surface area contributed by atoms with Gasteiger partial charge in [-0.3, -0.25) is 0 Å². The molecule has 0 fully saturated rings. The number of ether oxygens (including phenoxy) is 1. The summed E-state index contributed by atoms with van der Waals surface area (Å²) >= 11 is 0. The zero-order valence-electron chi connectivity index (χ0n) is 10.9. The lowest BCUT2D eigenvalue weighted by atomic mass is 10.1. The van der Waals surface area contributed by atoms with Crippen LogP contribution in [0.3, 0.4) is 0 Å². The number of nitrogens with one attached hydrogen (secondary N) is 1. The quantitative estimate of drug-likeness (QED) is 0.757. The van der Waals surface area contributed by atoms with E-state index in [-0.39, 0.29) is 0 Å². The lowest BCUT2D eigenvalue weighted by Gasteiger charge is -2.09. The van der Waals surface area contributed by atoms with Crippen molar-refractivity contribution in [3.8, 4) is 5.75 Å². The van der Waals surface area contributed by atoms with Crippen molar-refractivity contribution in [2.45, 2.75) is 0 Å². The number of aromatic nitrogens is 3. The highest BCUT2D eigenvalue weighted by molar-refractivity contribution is 5.96. The second-order valence-corrected chi connectivity index (χ2v) is 4.18. The summed E-state index contributed by atoms with van der Waals surface area (Å²) in [5, 5.41) is 4.99. The molecule has 0 saturated heterocycles. The molecule has 0 aliphatic heterocycles. The van der Waals surface area contributed by atoms with Crippen molar-refractivity contribution in [3.63, 3.8) is 0 Å². The number of methoxy groups -OCH3 is 1. The molecule has 0 aliphatic carbocycles. The van der Waals surface area contributed by atoms with E-state index in [0.29, 0.717) is 17.5 Å². The fourth-order valence-corrected chi connectivity index (χ4v) is 1.96. The van der Waals surface area contributed by atoms with Crippen LogP contribution in [-0.2, 0) is 0 Å². The van der Waals surface area contributed by atoms with Crippen LogP contribution in [0.25, 0.3) is 10.8 Å². The number of nitrogens with zero attached hydrogens (tertiary/aromatic N) is 3. The maximum absolute atomic E-state index is 5.56. The van der Waals surface area contributed by atoms with E-state index in [9.17, 15) is 0 Å². The molecule has 0 aliphatic rings. The predicted octanol–water partition coefficient (Wildman–Crippen LogP) is 2.36. The first-order valence-electron chi connectivity index (χ1n) is 6.04.